The first-order valence-electron chi connectivity index (χ1n) is 7.69. The van der Waals surface area contributed by atoms with E-state index in [4.69, 9.17) is 4.98 Å². The van der Waals surface area contributed by atoms with E-state index in [9.17, 15) is 0 Å². The molecule has 0 saturated carbocycles. The molecule has 18 heavy (non-hydrogen) atoms. The van der Waals surface area contributed by atoms with Crippen LogP contribution in [0.1, 0.15) is 62.2 Å². The topological polar surface area (TPSA) is 29.9 Å². The highest BCUT2D eigenvalue weighted by atomic mass is 15.1. The Balaban J connectivity index is 1.95. The number of aryl methyl sites for hydroxylation is 2. The van der Waals surface area contributed by atoms with E-state index in [1.807, 2.05) is 0 Å². The second-order valence-corrected chi connectivity index (χ2v) is 5.74. The normalized spacial score (nSPS) is 20.9. The summed E-state index contributed by atoms with van der Waals surface area (Å²) < 4.78 is 2.57. The van der Waals surface area contributed by atoms with E-state index in [0.29, 0.717) is 0 Å². The molecular formula is C15H25N3. The number of imidazole rings is 1. The Bertz CT molecular complexity index is 402. The number of aromatic nitrogens is 2. The van der Waals surface area contributed by atoms with E-state index >= 15 is 0 Å². The lowest BCUT2D eigenvalue weighted by Crippen LogP contribution is -2.28. The fourth-order valence-electron chi connectivity index (χ4n) is 3.53. The van der Waals surface area contributed by atoms with Gasteiger partial charge in [-0.3, -0.25) is 0 Å². The predicted octanol–water partition coefficient (Wildman–Crippen LogP) is 2.64. The summed E-state index contributed by atoms with van der Waals surface area (Å²) in [5.74, 6) is 2.13. The van der Waals surface area contributed by atoms with Crippen LogP contribution in [0.5, 0.6) is 0 Å². The predicted molar refractivity (Wildman–Crippen MR) is 74.0 cm³/mol. The van der Waals surface area contributed by atoms with Gasteiger partial charge in [0.2, 0.25) is 0 Å². The Hall–Kier alpha value is -0.830. The van der Waals surface area contributed by atoms with Crippen molar-refractivity contribution in [2.24, 2.45) is 0 Å². The standard InChI is InChI=1S/C15H25N3/c1-2-5-13-15(12-7-9-16-10-8-12)18-11-4-3-6-14(18)17-13/h12,16H,2-11H2,1H3. The summed E-state index contributed by atoms with van der Waals surface area (Å²) in [6, 6.07) is 0. The van der Waals surface area contributed by atoms with Crippen LogP contribution in [0.3, 0.4) is 0 Å². The zero-order valence-corrected chi connectivity index (χ0v) is 11.5. The molecular weight excluding hydrogens is 222 g/mol. The van der Waals surface area contributed by atoms with Crippen LogP contribution in [0.4, 0.5) is 0 Å². The van der Waals surface area contributed by atoms with Crippen molar-refractivity contribution in [2.75, 3.05) is 13.1 Å². The van der Waals surface area contributed by atoms with Crippen molar-refractivity contribution in [1.82, 2.24) is 14.9 Å². The second kappa shape index (κ2) is 5.43. The van der Waals surface area contributed by atoms with Crippen molar-refractivity contribution in [3.63, 3.8) is 0 Å². The molecule has 1 fully saturated rings. The smallest absolute Gasteiger partial charge is 0.109 e. The van der Waals surface area contributed by atoms with Gasteiger partial charge >= 0.3 is 0 Å². The van der Waals surface area contributed by atoms with E-state index in [1.165, 1.54) is 76.1 Å². The Morgan fingerprint density at radius 2 is 2.11 bits per heavy atom. The third-order valence-corrected chi connectivity index (χ3v) is 4.41. The molecule has 0 unspecified atom stereocenters. The van der Waals surface area contributed by atoms with E-state index in [-0.39, 0.29) is 0 Å². The highest BCUT2D eigenvalue weighted by Gasteiger charge is 2.26. The first-order valence-corrected chi connectivity index (χ1v) is 7.69. The molecule has 2 aliphatic rings. The van der Waals surface area contributed by atoms with Crippen LogP contribution in [-0.4, -0.2) is 22.6 Å². The Morgan fingerprint density at radius 3 is 2.89 bits per heavy atom. The fourth-order valence-corrected chi connectivity index (χ4v) is 3.53. The molecule has 0 spiro atoms. The molecule has 3 heteroatoms. The SMILES string of the molecule is CCCc1nc2n(c1C1CCNCC1)CCCC2. The van der Waals surface area contributed by atoms with Gasteiger partial charge in [-0.2, -0.15) is 0 Å². The minimum atomic E-state index is 0.757. The maximum atomic E-state index is 4.96. The zero-order valence-electron chi connectivity index (χ0n) is 11.5. The number of piperidine rings is 1. The first kappa shape index (κ1) is 12.2. The van der Waals surface area contributed by atoms with Gasteiger partial charge < -0.3 is 9.88 Å². The monoisotopic (exact) mass is 247 g/mol. The molecule has 1 saturated heterocycles. The van der Waals surface area contributed by atoms with Crippen LogP contribution in [0.15, 0.2) is 0 Å². The maximum absolute atomic E-state index is 4.96. The van der Waals surface area contributed by atoms with Crippen molar-refractivity contribution < 1.29 is 0 Å². The van der Waals surface area contributed by atoms with Gasteiger partial charge in [-0.05, 0) is 45.2 Å². The number of nitrogens with zero attached hydrogens (tertiary/aromatic N) is 2. The van der Waals surface area contributed by atoms with Crippen molar-refractivity contribution >= 4 is 0 Å². The van der Waals surface area contributed by atoms with E-state index in [0.717, 1.165) is 5.92 Å². The summed E-state index contributed by atoms with van der Waals surface area (Å²) in [4.78, 5) is 4.96. The number of hydrogen-bond donors (Lipinski definition) is 1. The third-order valence-electron chi connectivity index (χ3n) is 4.41. The quantitative estimate of drug-likeness (QED) is 0.890. The number of nitrogens with one attached hydrogen (secondary N) is 1. The Morgan fingerprint density at radius 1 is 1.28 bits per heavy atom. The van der Waals surface area contributed by atoms with Crippen LogP contribution < -0.4 is 5.32 Å². The molecule has 0 radical (unpaired) electrons. The van der Waals surface area contributed by atoms with Crippen LogP contribution in [0.25, 0.3) is 0 Å². The summed E-state index contributed by atoms with van der Waals surface area (Å²) in [5, 5.41) is 3.48. The molecule has 0 atom stereocenters. The highest BCUT2D eigenvalue weighted by Crippen LogP contribution is 2.32. The van der Waals surface area contributed by atoms with E-state index in [2.05, 4.69) is 16.8 Å². The van der Waals surface area contributed by atoms with Gasteiger partial charge in [0, 0.05) is 24.6 Å². The average molecular weight is 247 g/mol. The lowest BCUT2D eigenvalue weighted by Gasteiger charge is -2.26. The second-order valence-electron chi connectivity index (χ2n) is 5.74. The highest BCUT2D eigenvalue weighted by molar-refractivity contribution is 5.24. The fraction of sp³-hybridized carbons (Fsp3) is 0.800. The molecule has 0 aromatic carbocycles. The van der Waals surface area contributed by atoms with Gasteiger partial charge in [0.25, 0.3) is 0 Å². The van der Waals surface area contributed by atoms with Crippen LogP contribution in [0, 0.1) is 0 Å². The van der Waals surface area contributed by atoms with Gasteiger partial charge in [0.1, 0.15) is 5.82 Å². The van der Waals surface area contributed by atoms with Crippen molar-refractivity contribution in [1.29, 1.82) is 0 Å². The molecule has 3 rings (SSSR count). The van der Waals surface area contributed by atoms with Crippen molar-refractivity contribution in [3.8, 4) is 0 Å². The lowest BCUT2D eigenvalue weighted by molar-refractivity contribution is 0.420. The molecule has 1 aromatic heterocycles. The molecule has 0 bridgehead atoms. The van der Waals surface area contributed by atoms with Crippen LogP contribution in [0.2, 0.25) is 0 Å². The lowest BCUT2D eigenvalue weighted by atomic mass is 9.92. The van der Waals surface area contributed by atoms with E-state index < -0.39 is 0 Å². The Labute approximate surface area is 110 Å². The number of rotatable bonds is 3. The maximum Gasteiger partial charge on any atom is 0.109 e. The third kappa shape index (κ3) is 2.20. The summed E-state index contributed by atoms with van der Waals surface area (Å²) in [6.07, 6.45) is 8.83. The largest absolute Gasteiger partial charge is 0.331 e. The molecule has 1 aromatic rings. The van der Waals surface area contributed by atoms with Crippen molar-refractivity contribution in [2.45, 2.75) is 64.3 Å². The van der Waals surface area contributed by atoms with Gasteiger partial charge in [-0.25, -0.2) is 4.98 Å². The molecule has 3 heterocycles. The van der Waals surface area contributed by atoms with Crippen molar-refractivity contribution in [3.05, 3.63) is 17.2 Å². The van der Waals surface area contributed by atoms with Crippen LogP contribution in [-0.2, 0) is 19.4 Å². The summed E-state index contributed by atoms with van der Waals surface area (Å²) in [6.45, 7) is 5.84. The van der Waals surface area contributed by atoms with E-state index in [1.54, 1.807) is 5.69 Å². The zero-order chi connectivity index (χ0) is 12.4. The Kier molecular flexibility index (Phi) is 3.69. The van der Waals surface area contributed by atoms with Gasteiger partial charge in [-0.15, -0.1) is 0 Å². The van der Waals surface area contributed by atoms with Gasteiger partial charge in [-0.1, -0.05) is 13.3 Å². The first-order chi connectivity index (χ1) is 8.90. The van der Waals surface area contributed by atoms with Crippen LogP contribution >= 0.6 is 0 Å². The molecule has 100 valence electrons. The summed E-state index contributed by atoms with van der Waals surface area (Å²) in [7, 11) is 0. The minimum Gasteiger partial charge on any atom is -0.331 e. The summed E-state index contributed by atoms with van der Waals surface area (Å²) >= 11 is 0. The average Bonchev–Trinajstić information content (AvgIpc) is 2.78. The van der Waals surface area contributed by atoms with Gasteiger partial charge in [0.15, 0.2) is 0 Å². The van der Waals surface area contributed by atoms with Gasteiger partial charge in [0.05, 0.1) is 5.69 Å². The summed E-state index contributed by atoms with van der Waals surface area (Å²) in [5.41, 5.74) is 3.02. The minimum absolute atomic E-state index is 0.757. The molecule has 0 aliphatic carbocycles. The molecule has 1 N–H and O–H groups in total. The molecule has 3 nitrogen and oxygen atoms in total. The molecule has 0 amide bonds. The number of hydrogen-bond acceptors (Lipinski definition) is 2. The molecule has 2 aliphatic heterocycles. The number of fused-ring (bicyclic) bond motifs is 1.